The Morgan fingerprint density at radius 3 is 2.64 bits per heavy atom. The third kappa shape index (κ3) is 3.59. The molecule has 0 aromatic heterocycles. The molecule has 0 spiro atoms. The Bertz CT molecular complexity index is 562. The number of carbonyl (C=O) groups is 2. The lowest BCUT2D eigenvalue weighted by Crippen LogP contribution is -2.42. The number of aliphatic carboxylic acids is 1. The minimum atomic E-state index is -1.40. The minimum absolute atomic E-state index is 0.0388. The van der Waals surface area contributed by atoms with Gasteiger partial charge in [-0.25, -0.2) is 4.79 Å². The molecule has 2 rings (SSSR count). The molecule has 5 nitrogen and oxygen atoms in total. The topological polar surface area (TPSA) is 66.8 Å². The van der Waals surface area contributed by atoms with Crippen LogP contribution in [0.15, 0.2) is 24.3 Å². The Morgan fingerprint density at radius 2 is 2.00 bits per heavy atom. The highest BCUT2D eigenvalue weighted by atomic mass is 16.5. The summed E-state index contributed by atoms with van der Waals surface area (Å²) in [7, 11) is 0. The smallest absolute Gasteiger partial charge is 0.394 e. The number of hydrogen-bond acceptors (Lipinski definition) is 3. The number of para-hydroxylation sites is 1. The molecule has 1 N–H and O–H groups in total. The van der Waals surface area contributed by atoms with Gasteiger partial charge in [-0.15, -0.1) is 0 Å². The Balaban J connectivity index is 2.07. The van der Waals surface area contributed by atoms with E-state index in [-0.39, 0.29) is 11.5 Å². The molecule has 0 bridgehead atoms. The van der Waals surface area contributed by atoms with E-state index in [1.54, 1.807) is 0 Å². The highest BCUT2D eigenvalue weighted by Crippen LogP contribution is 2.31. The van der Waals surface area contributed by atoms with Crippen LogP contribution in [0.25, 0.3) is 0 Å². The summed E-state index contributed by atoms with van der Waals surface area (Å²) in [6.45, 7) is 7.16. The fraction of sp³-hybridized carbons (Fsp3) is 0.529. The minimum Gasteiger partial charge on any atom is -0.491 e. The van der Waals surface area contributed by atoms with Gasteiger partial charge in [-0.05, 0) is 29.9 Å². The van der Waals surface area contributed by atoms with Crippen LogP contribution in [0, 0.1) is 0 Å². The molecular weight excluding hydrogens is 282 g/mol. The lowest BCUT2D eigenvalue weighted by molar-refractivity contribution is -0.156. The van der Waals surface area contributed by atoms with E-state index in [1.807, 2.05) is 24.3 Å². The van der Waals surface area contributed by atoms with E-state index in [2.05, 4.69) is 20.8 Å². The SMILES string of the molecule is CC(C)(C)c1ccccc1OCC1CCCN1C(=O)C(=O)O. The Kier molecular flexibility index (Phi) is 4.74. The van der Waals surface area contributed by atoms with Gasteiger partial charge in [0, 0.05) is 6.54 Å². The molecule has 0 radical (unpaired) electrons. The van der Waals surface area contributed by atoms with Crippen LogP contribution in [0.4, 0.5) is 0 Å². The molecule has 0 aliphatic carbocycles. The number of carbonyl (C=O) groups excluding carboxylic acids is 1. The normalized spacial score (nSPS) is 18.3. The Hall–Kier alpha value is -2.04. The van der Waals surface area contributed by atoms with Crippen LogP contribution in [0.3, 0.4) is 0 Å². The average Bonchev–Trinajstić information content (AvgIpc) is 2.91. The first-order valence-corrected chi connectivity index (χ1v) is 7.57. The predicted octanol–water partition coefficient (Wildman–Crippen LogP) is 2.44. The van der Waals surface area contributed by atoms with Gasteiger partial charge in [0.05, 0.1) is 6.04 Å². The maximum absolute atomic E-state index is 11.7. The molecule has 22 heavy (non-hydrogen) atoms. The summed E-state index contributed by atoms with van der Waals surface area (Å²) in [6.07, 6.45) is 1.59. The number of hydrogen-bond donors (Lipinski definition) is 1. The molecule has 120 valence electrons. The summed E-state index contributed by atoms with van der Waals surface area (Å²) < 4.78 is 5.92. The van der Waals surface area contributed by atoms with E-state index in [0.29, 0.717) is 13.2 Å². The van der Waals surface area contributed by atoms with Crippen LogP contribution in [0.2, 0.25) is 0 Å². The fourth-order valence-electron chi connectivity index (χ4n) is 2.80. The van der Waals surface area contributed by atoms with Gasteiger partial charge in [-0.2, -0.15) is 0 Å². The number of nitrogens with zero attached hydrogens (tertiary/aromatic N) is 1. The molecule has 1 atom stereocenters. The van der Waals surface area contributed by atoms with Gasteiger partial charge < -0.3 is 14.7 Å². The standard InChI is InChI=1S/C17H23NO4/c1-17(2,3)13-8-4-5-9-14(13)22-11-12-7-6-10-18(12)15(19)16(20)21/h4-5,8-9,12H,6-7,10-11H2,1-3H3,(H,20,21). The van der Waals surface area contributed by atoms with Gasteiger partial charge in [-0.1, -0.05) is 39.0 Å². The van der Waals surface area contributed by atoms with E-state index in [4.69, 9.17) is 9.84 Å². The lowest BCUT2D eigenvalue weighted by Gasteiger charge is -2.26. The maximum Gasteiger partial charge on any atom is 0.394 e. The van der Waals surface area contributed by atoms with Crippen molar-refractivity contribution in [1.29, 1.82) is 0 Å². The fourth-order valence-corrected chi connectivity index (χ4v) is 2.80. The first-order chi connectivity index (χ1) is 10.3. The largest absolute Gasteiger partial charge is 0.491 e. The van der Waals surface area contributed by atoms with Crippen molar-refractivity contribution in [2.24, 2.45) is 0 Å². The number of likely N-dealkylation sites (tertiary alicyclic amines) is 1. The highest BCUT2D eigenvalue weighted by Gasteiger charge is 2.33. The number of benzene rings is 1. The van der Waals surface area contributed by atoms with Gasteiger partial charge in [-0.3, -0.25) is 4.79 Å². The molecule has 1 aliphatic heterocycles. The summed E-state index contributed by atoms with van der Waals surface area (Å²) >= 11 is 0. The van der Waals surface area contributed by atoms with Crippen molar-refractivity contribution in [2.75, 3.05) is 13.2 Å². The summed E-state index contributed by atoms with van der Waals surface area (Å²) in [5.74, 6) is -1.44. The van der Waals surface area contributed by atoms with Crippen LogP contribution in [-0.4, -0.2) is 41.1 Å². The second-order valence-electron chi connectivity index (χ2n) is 6.66. The van der Waals surface area contributed by atoms with E-state index >= 15 is 0 Å². The summed E-state index contributed by atoms with van der Waals surface area (Å²) in [5, 5.41) is 8.86. The Labute approximate surface area is 130 Å². The summed E-state index contributed by atoms with van der Waals surface area (Å²) in [4.78, 5) is 23.9. The van der Waals surface area contributed by atoms with Crippen molar-refractivity contribution in [1.82, 2.24) is 4.90 Å². The van der Waals surface area contributed by atoms with Crippen molar-refractivity contribution in [2.45, 2.75) is 45.1 Å². The van der Waals surface area contributed by atoms with Gasteiger partial charge in [0.1, 0.15) is 12.4 Å². The van der Waals surface area contributed by atoms with Crippen molar-refractivity contribution in [3.05, 3.63) is 29.8 Å². The first-order valence-electron chi connectivity index (χ1n) is 7.57. The summed E-state index contributed by atoms with van der Waals surface area (Å²) in [6, 6.07) is 7.67. The average molecular weight is 305 g/mol. The zero-order valence-electron chi connectivity index (χ0n) is 13.3. The number of rotatable bonds is 3. The quantitative estimate of drug-likeness (QED) is 0.871. The van der Waals surface area contributed by atoms with Crippen molar-refractivity contribution in [3.63, 3.8) is 0 Å². The zero-order chi connectivity index (χ0) is 16.3. The van der Waals surface area contributed by atoms with Gasteiger partial charge in [0.2, 0.25) is 0 Å². The predicted molar refractivity (Wildman–Crippen MR) is 83.0 cm³/mol. The maximum atomic E-state index is 11.7. The highest BCUT2D eigenvalue weighted by molar-refractivity contribution is 6.31. The third-order valence-corrected chi connectivity index (χ3v) is 3.95. The van der Waals surface area contributed by atoms with E-state index in [1.165, 1.54) is 4.90 Å². The van der Waals surface area contributed by atoms with Crippen LogP contribution >= 0.6 is 0 Å². The van der Waals surface area contributed by atoms with Crippen molar-refractivity contribution < 1.29 is 19.4 Å². The third-order valence-electron chi connectivity index (χ3n) is 3.95. The monoisotopic (exact) mass is 305 g/mol. The second kappa shape index (κ2) is 6.38. The first kappa shape index (κ1) is 16.3. The lowest BCUT2D eigenvalue weighted by atomic mass is 9.86. The molecule has 1 unspecified atom stereocenters. The van der Waals surface area contributed by atoms with Crippen LogP contribution < -0.4 is 4.74 Å². The molecule has 1 aromatic rings. The zero-order valence-corrected chi connectivity index (χ0v) is 13.3. The van der Waals surface area contributed by atoms with Gasteiger partial charge in [0.15, 0.2) is 0 Å². The molecule has 1 aliphatic rings. The molecule has 1 amide bonds. The number of amides is 1. The molecule has 0 saturated carbocycles. The van der Waals surface area contributed by atoms with Crippen LogP contribution in [-0.2, 0) is 15.0 Å². The van der Waals surface area contributed by atoms with Crippen molar-refractivity contribution in [3.8, 4) is 5.75 Å². The Morgan fingerprint density at radius 1 is 1.32 bits per heavy atom. The molecule has 1 fully saturated rings. The van der Waals surface area contributed by atoms with Gasteiger partial charge in [0.25, 0.3) is 0 Å². The number of carboxylic acid groups (broad SMARTS) is 1. The summed E-state index contributed by atoms with van der Waals surface area (Å²) in [5.41, 5.74) is 1.06. The second-order valence-corrected chi connectivity index (χ2v) is 6.66. The molecule has 1 saturated heterocycles. The number of ether oxygens (including phenoxy) is 1. The molecular formula is C17H23NO4. The molecule has 5 heteroatoms. The van der Waals surface area contributed by atoms with E-state index in [9.17, 15) is 9.59 Å². The van der Waals surface area contributed by atoms with Crippen LogP contribution in [0.1, 0.15) is 39.2 Å². The molecule has 1 aromatic carbocycles. The van der Waals surface area contributed by atoms with Crippen molar-refractivity contribution >= 4 is 11.9 Å². The molecule has 1 heterocycles. The van der Waals surface area contributed by atoms with E-state index in [0.717, 1.165) is 24.2 Å². The van der Waals surface area contributed by atoms with Gasteiger partial charge >= 0.3 is 11.9 Å². The van der Waals surface area contributed by atoms with E-state index < -0.39 is 11.9 Å². The number of carboxylic acids is 1. The van der Waals surface area contributed by atoms with Crippen LogP contribution in [0.5, 0.6) is 5.75 Å².